The molecule has 1 aliphatic rings. The largest absolute Gasteiger partial charge is 0.383 e. The fourth-order valence-electron chi connectivity index (χ4n) is 2.89. The zero-order valence-electron chi connectivity index (χ0n) is 12.3. The third-order valence-electron chi connectivity index (χ3n) is 4.29. The van der Waals surface area contributed by atoms with E-state index in [4.69, 9.17) is 5.73 Å². The van der Waals surface area contributed by atoms with E-state index in [1.165, 1.54) is 12.8 Å². The summed E-state index contributed by atoms with van der Waals surface area (Å²) in [5.74, 6) is 1.57. The van der Waals surface area contributed by atoms with Crippen LogP contribution >= 0.6 is 0 Å². The van der Waals surface area contributed by atoms with Gasteiger partial charge in [-0.3, -0.25) is 4.79 Å². The van der Waals surface area contributed by atoms with Crippen molar-refractivity contribution in [3.8, 4) is 0 Å². The molecule has 0 radical (unpaired) electrons. The highest BCUT2D eigenvalue weighted by atomic mass is 16.1. The van der Waals surface area contributed by atoms with Gasteiger partial charge in [-0.25, -0.2) is 4.98 Å². The van der Waals surface area contributed by atoms with E-state index in [1.54, 1.807) is 0 Å². The monoisotopic (exact) mass is 263 g/mol. The van der Waals surface area contributed by atoms with Gasteiger partial charge in [0.05, 0.1) is 5.56 Å². The molecule has 4 nitrogen and oxygen atoms in total. The standard InChI is InChI=1S/C15H25N3O/c1-4-5-11-12(16)17-13(18-14(11)19)10-6-8-15(2,3)9-7-10/h10H,4-9H2,1-3H3,(H3,16,17,18,19). The molecule has 2 rings (SSSR count). The van der Waals surface area contributed by atoms with Crippen molar-refractivity contribution in [3.05, 3.63) is 21.7 Å². The molecule has 0 atom stereocenters. The number of anilines is 1. The molecule has 1 aromatic rings. The van der Waals surface area contributed by atoms with Crippen LogP contribution in [0.2, 0.25) is 0 Å². The van der Waals surface area contributed by atoms with Crippen molar-refractivity contribution < 1.29 is 0 Å². The van der Waals surface area contributed by atoms with E-state index in [2.05, 4.69) is 23.8 Å². The average Bonchev–Trinajstić information content (AvgIpc) is 2.33. The van der Waals surface area contributed by atoms with Gasteiger partial charge in [-0.15, -0.1) is 0 Å². The van der Waals surface area contributed by atoms with Gasteiger partial charge >= 0.3 is 0 Å². The van der Waals surface area contributed by atoms with Gasteiger partial charge in [0.2, 0.25) is 0 Å². The van der Waals surface area contributed by atoms with Gasteiger partial charge in [0.25, 0.3) is 5.56 Å². The van der Waals surface area contributed by atoms with Crippen molar-refractivity contribution in [1.29, 1.82) is 0 Å². The summed E-state index contributed by atoms with van der Waals surface area (Å²) in [6.07, 6.45) is 6.14. The maximum atomic E-state index is 12.0. The minimum absolute atomic E-state index is 0.0471. The summed E-state index contributed by atoms with van der Waals surface area (Å²) in [5.41, 5.74) is 6.95. The number of nitrogens with one attached hydrogen (secondary N) is 1. The Labute approximate surface area is 114 Å². The van der Waals surface area contributed by atoms with E-state index >= 15 is 0 Å². The highest BCUT2D eigenvalue weighted by Crippen LogP contribution is 2.41. The molecule has 1 aliphatic carbocycles. The highest BCUT2D eigenvalue weighted by molar-refractivity contribution is 5.38. The van der Waals surface area contributed by atoms with Crippen LogP contribution in [0.1, 0.15) is 70.2 Å². The lowest BCUT2D eigenvalue weighted by Crippen LogP contribution is -2.25. The lowest BCUT2D eigenvalue weighted by atomic mass is 9.73. The topological polar surface area (TPSA) is 71.8 Å². The van der Waals surface area contributed by atoms with E-state index in [9.17, 15) is 4.79 Å². The summed E-state index contributed by atoms with van der Waals surface area (Å²) in [7, 11) is 0. The predicted octanol–water partition coefficient (Wildman–Crippen LogP) is 2.99. The first-order chi connectivity index (χ1) is 8.93. The number of aromatic amines is 1. The van der Waals surface area contributed by atoms with E-state index < -0.39 is 0 Å². The Kier molecular flexibility index (Phi) is 3.97. The maximum Gasteiger partial charge on any atom is 0.256 e. The molecule has 1 aromatic heterocycles. The maximum absolute atomic E-state index is 12.0. The van der Waals surface area contributed by atoms with Crippen LogP contribution in [0, 0.1) is 5.41 Å². The lowest BCUT2D eigenvalue weighted by molar-refractivity contribution is 0.220. The number of nitrogens with two attached hydrogens (primary N) is 1. The van der Waals surface area contributed by atoms with Crippen LogP contribution in [0.3, 0.4) is 0 Å². The van der Waals surface area contributed by atoms with Crippen LogP contribution in [-0.2, 0) is 6.42 Å². The fourth-order valence-corrected chi connectivity index (χ4v) is 2.89. The summed E-state index contributed by atoms with van der Waals surface area (Å²) >= 11 is 0. The van der Waals surface area contributed by atoms with Crippen molar-refractivity contribution in [1.82, 2.24) is 9.97 Å². The average molecular weight is 263 g/mol. The number of rotatable bonds is 3. The molecule has 0 bridgehead atoms. The normalized spacial score (nSPS) is 19.5. The summed E-state index contributed by atoms with van der Waals surface area (Å²) in [6, 6.07) is 0. The molecular weight excluding hydrogens is 238 g/mol. The Hall–Kier alpha value is -1.32. The summed E-state index contributed by atoms with van der Waals surface area (Å²) in [4.78, 5) is 19.4. The smallest absolute Gasteiger partial charge is 0.256 e. The summed E-state index contributed by atoms with van der Waals surface area (Å²) in [6.45, 7) is 6.65. The van der Waals surface area contributed by atoms with E-state index in [0.717, 1.165) is 25.1 Å². The molecule has 3 N–H and O–H groups in total. The number of nitrogens with zero attached hydrogens (tertiary/aromatic N) is 1. The minimum atomic E-state index is -0.0471. The number of H-pyrrole nitrogens is 1. The van der Waals surface area contributed by atoms with Crippen LogP contribution in [0.5, 0.6) is 0 Å². The van der Waals surface area contributed by atoms with E-state index in [1.807, 2.05) is 6.92 Å². The number of hydrogen-bond acceptors (Lipinski definition) is 3. The third-order valence-corrected chi connectivity index (χ3v) is 4.29. The first-order valence-corrected chi connectivity index (χ1v) is 7.31. The van der Waals surface area contributed by atoms with Crippen molar-refractivity contribution in [2.75, 3.05) is 5.73 Å². The van der Waals surface area contributed by atoms with E-state index in [-0.39, 0.29) is 5.56 Å². The Morgan fingerprint density at radius 3 is 2.53 bits per heavy atom. The first-order valence-electron chi connectivity index (χ1n) is 7.31. The molecule has 106 valence electrons. The van der Waals surface area contributed by atoms with Gasteiger partial charge in [-0.05, 0) is 37.5 Å². The molecule has 0 spiro atoms. The second-order valence-corrected chi connectivity index (χ2v) is 6.50. The molecule has 0 unspecified atom stereocenters. The third kappa shape index (κ3) is 3.17. The zero-order valence-corrected chi connectivity index (χ0v) is 12.3. The van der Waals surface area contributed by atoms with Gasteiger partial charge in [0.1, 0.15) is 11.6 Å². The van der Waals surface area contributed by atoms with Crippen molar-refractivity contribution >= 4 is 5.82 Å². The lowest BCUT2D eigenvalue weighted by Gasteiger charge is -2.33. The van der Waals surface area contributed by atoms with Crippen LogP contribution in [-0.4, -0.2) is 9.97 Å². The van der Waals surface area contributed by atoms with Gasteiger partial charge in [0, 0.05) is 5.92 Å². The second kappa shape index (κ2) is 5.35. The first kappa shape index (κ1) is 14.1. The van der Waals surface area contributed by atoms with Crippen molar-refractivity contribution in [3.63, 3.8) is 0 Å². The Bertz CT molecular complexity index is 495. The zero-order chi connectivity index (χ0) is 14.0. The van der Waals surface area contributed by atoms with Crippen LogP contribution in [0.15, 0.2) is 4.79 Å². The fraction of sp³-hybridized carbons (Fsp3) is 0.733. The van der Waals surface area contributed by atoms with Crippen LogP contribution in [0.25, 0.3) is 0 Å². The van der Waals surface area contributed by atoms with Crippen LogP contribution in [0.4, 0.5) is 5.82 Å². The van der Waals surface area contributed by atoms with Gasteiger partial charge in [0.15, 0.2) is 0 Å². The van der Waals surface area contributed by atoms with Gasteiger partial charge in [-0.1, -0.05) is 27.2 Å². The molecule has 1 saturated carbocycles. The van der Waals surface area contributed by atoms with E-state index in [0.29, 0.717) is 29.1 Å². The molecule has 0 aliphatic heterocycles. The number of aromatic nitrogens is 2. The molecule has 0 amide bonds. The predicted molar refractivity (Wildman–Crippen MR) is 78.3 cm³/mol. The SMILES string of the molecule is CCCc1c(N)nc(C2CCC(C)(C)CC2)[nH]c1=O. The Morgan fingerprint density at radius 2 is 2.00 bits per heavy atom. The van der Waals surface area contributed by atoms with Crippen LogP contribution < -0.4 is 11.3 Å². The number of hydrogen-bond donors (Lipinski definition) is 2. The molecule has 0 aromatic carbocycles. The number of nitrogen functional groups attached to an aromatic ring is 1. The molecular formula is C15H25N3O. The summed E-state index contributed by atoms with van der Waals surface area (Å²) < 4.78 is 0. The molecule has 4 heteroatoms. The molecule has 0 saturated heterocycles. The van der Waals surface area contributed by atoms with Gasteiger partial charge in [-0.2, -0.15) is 0 Å². The Morgan fingerprint density at radius 1 is 1.37 bits per heavy atom. The van der Waals surface area contributed by atoms with Crippen molar-refractivity contribution in [2.45, 2.75) is 65.2 Å². The van der Waals surface area contributed by atoms with Crippen molar-refractivity contribution in [2.24, 2.45) is 5.41 Å². The highest BCUT2D eigenvalue weighted by Gasteiger charge is 2.29. The molecule has 1 heterocycles. The Balaban J connectivity index is 2.21. The molecule has 19 heavy (non-hydrogen) atoms. The summed E-state index contributed by atoms with van der Waals surface area (Å²) in [5, 5.41) is 0. The van der Waals surface area contributed by atoms with Gasteiger partial charge < -0.3 is 10.7 Å². The quantitative estimate of drug-likeness (QED) is 0.880. The molecule has 1 fully saturated rings. The second-order valence-electron chi connectivity index (χ2n) is 6.50. The minimum Gasteiger partial charge on any atom is -0.383 e.